The number of methoxy groups -OCH3 is 2. The van der Waals surface area contributed by atoms with Crippen LogP contribution in [0, 0.1) is 0 Å². The molecule has 0 spiro atoms. The fourth-order valence-corrected chi connectivity index (χ4v) is 1.22. The van der Waals surface area contributed by atoms with Gasteiger partial charge in [-0.1, -0.05) is 11.2 Å². The maximum Gasteiger partial charge on any atom is 0.338 e. The molecular formula is C13H15NO4. The number of oxime groups is 1. The van der Waals surface area contributed by atoms with Gasteiger partial charge in [0.25, 0.3) is 0 Å². The third-order valence-electron chi connectivity index (χ3n) is 2.10. The largest absolute Gasteiger partial charge is 0.497 e. The standard InChI is InChI=1S/C13H15NO4/c1-4-5-13(15)18-14-9-10-6-7-11(16-2)8-12(10)17-3/h4,6-9H,1,5H2,2-3H3/b14-9-. The molecule has 0 heterocycles. The Morgan fingerprint density at radius 3 is 2.78 bits per heavy atom. The molecule has 5 heteroatoms. The minimum Gasteiger partial charge on any atom is -0.497 e. The van der Waals surface area contributed by atoms with Crippen LogP contribution < -0.4 is 9.47 Å². The number of carbonyl (C=O) groups is 1. The van der Waals surface area contributed by atoms with E-state index in [4.69, 9.17) is 9.47 Å². The Labute approximate surface area is 106 Å². The van der Waals surface area contributed by atoms with Gasteiger partial charge in [-0.15, -0.1) is 6.58 Å². The highest BCUT2D eigenvalue weighted by Crippen LogP contribution is 2.23. The van der Waals surface area contributed by atoms with Crippen molar-refractivity contribution in [1.82, 2.24) is 0 Å². The first-order valence-electron chi connectivity index (χ1n) is 5.27. The summed E-state index contributed by atoms with van der Waals surface area (Å²) in [4.78, 5) is 15.6. The van der Waals surface area contributed by atoms with Crippen LogP contribution in [0.5, 0.6) is 11.5 Å². The zero-order chi connectivity index (χ0) is 13.4. The summed E-state index contributed by atoms with van der Waals surface area (Å²) >= 11 is 0. The lowest BCUT2D eigenvalue weighted by molar-refractivity contribution is -0.142. The van der Waals surface area contributed by atoms with E-state index in [0.29, 0.717) is 17.1 Å². The highest BCUT2D eigenvalue weighted by Gasteiger charge is 2.03. The Hall–Kier alpha value is -2.30. The maximum atomic E-state index is 11.0. The zero-order valence-electron chi connectivity index (χ0n) is 10.4. The van der Waals surface area contributed by atoms with Crippen LogP contribution in [0.2, 0.25) is 0 Å². The smallest absolute Gasteiger partial charge is 0.338 e. The van der Waals surface area contributed by atoms with Crippen LogP contribution in [0.1, 0.15) is 12.0 Å². The van der Waals surface area contributed by atoms with Gasteiger partial charge in [0, 0.05) is 11.6 Å². The van der Waals surface area contributed by atoms with Gasteiger partial charge in [0.15, 0.2) is 0 Å². The van der Waals surface area contributed by atoms with Crippen molar-refractivity contribution in [3.8, 4) is 11.5 Å². The van der Waals surface area contributed by atoms with E-state index in [9.17, 15) is 4.79 Å². The van der Waals surface area contributed by atoms with Crippen molar-refractivity contribution in [2.45, 2.75) is 6.42 Å². The van der Waals surface area contributed by atoms with Gasteiger partial charge in [-0.25, -0.2) is 4.79 Å². The molecule has 18 heavy (non-hydrogen) atoms. The summed E-state index contributed by atoms with van der Waals surface area (Å²) in [6, 6.07) is 5.23. The molecule has 96 valence electrons. The predicted octanol–water partition coefficient (Wildman–Crippen LogP) is 2.16. The van der Waals surface area contributed by atoms with Gasteiger partial charge in [0.2, 0.25) is 0 Å². The van der Waals surface area contributed by atoms with E-state index in [1.807, 2.05) is 0 Å². The molecule has 0 aliphatic heterocycles. The fourth-order valence-electron chi connectivity index (χ4n) is 1.22. The van der Waals surface area contributed by atoms with Gasteiger partial charge in [-0.3, -0.25) is 0 Å². The Balaban J connectivity index is 2.74. The molecule has 1 aromatic carbocycles. The van der Waals surface area contributed by atoms with Crippen LogP contribution in [0.4, 0.5) is 0 Å². The predicted molar refractivity (Wildman–Crippen MR) is 68.0 cm³/mol. The Morgan fingerprint density at radius 2 is 2.17 bits per heavy atom. The number of carbonyl (C=O) groups excluding carboxylic acids is 1. The van der Waals surface area contributed by atoms with E-state index in [1.165, 1.54) is 19.4 Å². The molecule has 0 atom stereocenters. The summed E-state index contributed by atoms with van der Waals surface area (Å²) in [5.41, 5.74) is 0.685. The quantitative estimate of drug-likeness (QED) is 0.335. The number of benzene rings is 1. The summed E-state index contributed by atoms with van der Waals surface area (Å²) < 4.78 is 10.2. The Bertz CT molecular complexity index is 454. The van der Waals surface area contributed by atoms with Crippen LogP contribution in [0.15, 0.2) is 36.0 Å². The number of rotatable bonds is 6. The van der Waals surface area contributed by atoms with Gasteiger partial charge in [0.1, 0.15) is 11.5 Å². The van der Waals surface area contributed by atoms with E-state index < -0.39 is 5.97 Å². The van der Waals surface area contributed by atoms with E-state index in [-0.39, 0.29) is 6.42 Å². The summed E-state index contributed by atoms with van der Waals surface area (Å²) in [5.74, 6) is 0.791. The molecule has 0 aliphatic carbocycles. The second-order valence-corrected chi connectivity index (χ2v) is 3.30. The first kappa shape index (κ1) is 13.8. The van der Waals surface area contributed by atoms with Gasteiger partial charge in [-0.05, 0) is 12.1 Å². The minimum absolute atomic E-state index is 0.122. The lowest BCUT2D eigenvalue weighted by Crippen LogP contribution is -1.98. The molecule has 0 bridgehead atoms. The fraction of sp³-hybridized carbons (Fsp3) is 0.231. The van der Waals surface area contributed by atoms with Gasteiger partial charge in [0.05, 0.1) is 26.9 Å². The van der Waals surface area contributed by atoms with Crippen LogP contribution in [-0.4, -0.2) is 26.4 Å². The van der Waals surface area contributed by atoms with Gasteiger partial charge < -0.3 is 14.3 Å². The Morgan fingerprint density at radius 1 is 1.39 bits per heavy atom. The van der Waals surface area contributed by atoms with Crippen molar-refractivity contribution < 1.29 is 19.1 Å². The molecule has 0 radical (unpaired) electrons. The van der Waals surface area contributed by atoms with E-state index >= 15 is 0 Å². The summed E-state index contributed by atoms with van der Waals surface area (Å²) in [6.07, 6.45) is 2.97. The molecule has 0 N–H and O–H groups in total. The van der Waals surface area contributed by atoms with Crippen molar-refractivity contribution in [3.05, 3.63) is 36.4 Å². The van der Waals surface area contributed by atoms with Crippen LogP contribution in [0.25, 0.3) is 0 Å². The van der Waals surface area contributed by atoms with Crippen molar-refractivity contribution in [1.29, 1.82) is 0 Å². The van der Waals surface area contributed by atoms with Crippen LogP contribution in [-0.2, 0) is 9.63 Å². The first-order valence-corrected chi connectivity index (χ1v) is 5.27. The topological polar surface area (TPSA) is 57.1 Å². The molecule has 0 aromatic heterocycles. The van der Waals surface area contributed by atoms with E-state index in [0.717, 1.165) is 0 Å². The molecule has 1 rings (SSSR count). The molecule has 0 aliphatic rings. The van der Waals surface area contributed by atoms with Crippen molar-refractivity contribution in [2.24, 2.45) is 5.16 Å². The lowest BCUT2D eigenvalue weighted by atomic mass is 10.2. The number of hydrogen-bond acceptors (Lipinski definition) is 5. The van der Waals surface area contributed by atoms with Crippen molar-refractivity contribution in [3.63, 3.8) is 0 Å². The molecule has 5 nitrogen and oxygen atoms in total. The third-order valence-corrected chi connectivity index (χ3v) is 2.10. The number of hydrogen-bond donors (Lipinski definition) is 0. The lowest BCUT2D eigenvalue weighted by Gasteiger charge is -2.06. The second-order valence-electron chi connectivity index (χ2n) is 3.30. The molecule has 0 saturated heterocycles. The number of nitrogens with zero attached hydrogens (tertiary/aromatic N) is 1. The number of ether oxygens (including phenoxy) is 2. The van der Waals surface area contributed by atoms with Crippen LogP contribution >= 0.6 is 0 Å². The highest BCUT2D eigenvalue weighted by atomic mass is 16.7. The Kier molecular flexibility index (Phi) is 5.44. The van der Waals surface area contributed by atoms with Crippen molar-refractivity contribution in [2.75, 3.05) is 14.2 Å². The third kappa shape index (κ3) is 3.93. The van der Waals surface area contributed by atoms with E-state index in [1.54, 1.807) is 25.3 Å². The van der Waals surface area contributed by atoms with Gasteiger partial charge in [-0.2, -0.15) is 0 Å². The normalized spacial score (nSPS) is 10.1. The summed E-state index contributed by atoms with van der Waals surface area (Å²) in [6.45, 7) is 3.43. The first-order chi connectivity index (χ1) is 8.71. The average molecular weight is 249 g/mol. The van der Waals surface area contributed by atoms with Crippen LogP contribution in [0.3, 0.4) is 0 Å². The second kappa shape index (κ2) is 7.11. The average Bonchev–Trinajstić information content (AvgIpc) is 2.39. The molecular weight excluding hydrogens is 234 g/mol. The monoisotopic (exact) mass is 249 g/mol. The minimum atomic E-state index is -0.464. The molecule has 0 saturated carbocycles. The molecule has 0 amide bonds. The van der Waals surface area contributed by atoms with Gasteiger partial charge >= 0.3 is 5.97 Å². The highest BCUT2D eigenvalue weighted by molar-refractivity contribution is 5.84. The molecule has 0 fully saturated rings. The maximum absolute atomic E-state index is 11.0. The summed E-state index contributed by atoms with van der Waals surface area (Å²) in [5, 5.41) is 3.58. The SMILES string of the molecule is C=CCC(=O)O/N=C\c1ccc(OC)cc1OC. The molecule has 1 aromatic rings. The van der Waals surface area contributed by atoms with Crippen molar-refractivity contribution >= 4 is 12.2 Å². The zero-order valence-corrected chi connectivity index (χ0v) is 10.4. The molecule has 0 unspecified atom stereocenters. The summed E-state index contributed by atoms with van der Waals surface area (Å²) in [7, 11) is 3.11. The van der Waals surface area contributed by atoms with E-state index in [2.05, 4.69) is 16.6 Å².